The van der Waals surface area contributed by atoms with Gasteiger partial charge in [0.15, 0.2) is 0 Å². The molecule has 1 aliphatic heterocycles. The van der Waals surface area contributed by atoms with Crippen LogP contribution in [0.15, 0.2) is 36.7 Å². The lowest BCUT2D eigenvalue weighted by molar-refractivity contribution is -0.0879. The van der Waals surface area contributed by atoms with Gasteiger partial charge in [0.2, 0.25) is 0 Å². The average Bonchev–Trinajstić information content (AvgIpc) is 3.22. The summed E-state index contributed by atoms with van der Waals surface area (Å²) in [5.74, 6) is 0. The van der Waals surface area contributed by atoms with Crippen molar-refractivity contribution in [3.05, 3.63) is 47.2 Å². The number of benzene rings is 1. The number of likely N-dealkylation sites (tertiary alicyclic amines) is 1. The predicted molar refractivity (Wildman–Crippen MR) is 97.0 cm³/mol. The molecule has 2 aromatic rings. The Bertz CT molecular complexity index is 750. The van der Waals surface area contributed by atoms with Crippen LogP contribution in [0.25, 0.3) is 5.69 Å². The fourth-order valence-corrected chi connectivity index (χ4v) is 4.63. The Kier molecular flexibility index (Phi) is 4.58. The maximum atomic E-state index is 10.1. The molecule has 0 amide bonds. The van der Waals surface area contributed by atoms with Crippen molar-refractivity contribution in [2.75, 3.05) is 13.7 Å². The highest BCUT2D eigenvalue weighted by Crippen LogP contribution is 2.42. The van der Waals surface area contributed by atoms with Gasteiger partial charge in [-0.2, -0.15) is 5.10 Å². The van der Waals surface area contributed by atoms with Crippen LogP contribution in [-0.2, 0) is 11.3 Å². The number of hydrogen-bond acceptors (Lipinski definition) is 4. The molecule has 5 nitrogen and oxygen atoms in total. The van der Waals surface area contributed by atoms with Crippen LogP contribution in [0.4, 0.5) is 0 Å². The standard InChI is InChI=1S/C19H24ClN3O2/c1-25-19-7-6-15(24)10-18(19)22(9-8-19)12-14-11-21-23(13-14)17-5-3-2-4-16(17)20/h2-5,11,13,15,18,24H,6-10,12H2,1H3/t15-,18-,19+/m0/s1. The van der Waals surface area contributed by atoms with Gasteiger partial charge < -0.3 is 9.84 Å². The van der Waals surface area contributed by atoms with Crippen molar-refractivity contribution < 1.29 is 9.84 Å². The third-order valence-electron chi connectivity index (χ3n) is 5.79. The summed E-state index contributed by atoms with van der Waals surface area (Å²) in [6, 6.07) is 7.97. The summed E-state index contributed by atoms with van der Waals surface area (Å²) in [5.41, 5.74) is 1.93. The van der Waals surface area contributed by atoms with Crippen molar-refractivity contribution in [2.24, 2.45) is 0 Å². The molecule has 1 aromatic carbocycles. The summed E-state index contributed by atoms with van der Waals surface area (Å²) in [5, 5.41) is 15.3. The number of nitrogens with zero attached hydrogens (tertiary/aromatic N) is 3. The molecule has 1 aromatic heterocycles. The molecule has 4 rings (SSSR count). The molecule has 2 aliphatic rings. The van der Waals surface area contributed by atoms with Crippen molar-refractivity contribution in [1.29, 1.82) is 0 Å². The second-order valence-electron chi connectivity index (χ2n) is 7.18. The fourth-order valence-electron chi connectivity index (χ4n) is 4.40. The van der Waals surface area contributed by atoms with E-state index in [9.17, 15) is 5.11 Å². The lowest BCUT2D eigenvalue weighted by Crippen LogP contribution is -2.51. The lowest BCUT2D eigenvalue weighted by atomic mass is 9.79. The molecule has 6 heteroatoms. The highest BCUT2D eigenvalue weighted by Gasteiger charge is 2.50. The molecule has 2 heterocycles. The first-order chi connectivity index (χ1) is 12.1. The molecule has 1 saturated heterocycles. The van der Waals surface area contributed by atoms with Crippen molar-refractivity contribution in [3.8, 4) is 5.69 Å². The van der Waals surface area contributed by atoms with Crippen molar-refractivity contribution >= 4 is 11.6 Å². The summed E-state index contributed by atoms with van der Waals surface area (Å²) in [4.78, 5) is 2.43. The summed E-state index contributed by atoms with van der Waals surface area (Å²) >= 11 is 6.27. The second-order valence-corrected chi connectivity index (χ2v) is 7.59. The monoisotopic (exact) mass is 361 g/mol. The van der Waals surface area contributed by atoms with E-state index in [1.807, 2.05) is 48.5 Å². The molecular formula is C19H24ClN3O2. The molecule has 1 N–H and O–H groups in total. The van der Waals surface area contributed by atoms with E-state index in [-0.39, 0.29) is 17.7 Å². The number of aliphatic hydroxyl groups excluding tert-OH is 1. The summed E-state index contributed by atoms with van der Waals surface area (Å²) < 4.78 is 7.74. The van der Waals surface area contributed by atoms with Gasteiger partial charge in [-0.15, -0.1) is 0 Å². The summed E-state index contributed by atoms with van der Waals surface area (Å²) in [6.45, 7) is 1.80. The number of halogens is 1. The number of aromatic nitrogens is 2. The van der Waals surface area contributed by atoms with Gasteiger partial charge in [-0.1, -0.05) is 23.7 Å². The van der Waals surface area contributed by atoms with Crippen LogP contribution in [0, 0.1) is 0 Å². The SMILES string of the molecule is CO[C@@]12CC[C@H](O)C[C@@H]1N(Cc1cnn(-c3ccccc3Cl)c1)CC2. The minimum absolute atomic E-state index is 0.0992. The van der Waals surface area contributed by atoms with Crippen molar-refractivity contribution in [3.63, 3.8) is 0 Å². The van der Waals surface area contributed by atoms with Crippen LogP contribution in [0.5, 0.6) is 0 Å². The second kappa shape index (κ2) is 6.72. The van der Waals surface area contributed by atoms with Gasteiger partial charge in [0, 0.05) is 38.0 Å². The van der Waals surface area contributed by atoms with E-state index < -0.39 is 0 Å². The molecule has 0 radical (unpaired) electrons. The van der Waals surface area contributed by atoms with E-state index >= 15 is 0 Å². The molecule has 3 atom stereocenters. The van der Waals surface area contributed by atoms with E-state index in [1.165, 1.54) is 0 Å². The van der Waals surface area contributed by atoms with Gasteiger partial charge in [0.05, 0.1) is 28.6 Å². The summed E-state index contributed by atoms with van der Waals surface area (Å²) in [6.07, 6.45) is 7.29. The predicted octanol–water partition coefficient (Wildman–Crippen LogP) is 3.03. The third-order valence-corrected chi connectivity index (χ3v) is 6.11. The molecular weight excluding hydrogens is 338 g/mol. The van der Waals surface area contributed by atoms with Crippen LogP contribution in [0.3, 0.4) is 0 Å². The van der Waals surface area contributed by atoms with Crippen molar-refractivity contribution in [2.45, 2.75) is 50.0 Å². The third kappa shape index (κ3) is 3.10. The zero-order valence-corrected chi connectivity index (χ0v) is 15.2. The number of methoxy groups -OCH3 is 1. The van der Waals surface area contributed by atoms with Crippen LogP contribution in [-0.4, -0.2) is 51.2 Å². The molecule has 1 aliphatic carbocycles. The largest absolute Gasteiger partial charge is 0.393 e. The van der Waals surface area contributed by atoms with E-state index in [1.54, 1.807) is 0 Å². The molecule has 134 valence electrons. The number of fused-ring (bicyclic) bond motifs is 1. The van der Waals surface area contributed by atoms with Gasteiger partial charge in [-0.3, -0.25) is 4.90 Å². The normalized spacial score (nSPS) is 29.7. The number of rotatable bonds is 4. The van der Waals surface area contributed by atoms with E-state index in [2.05, 4.69) is 10.00 Å². The molecule has 2 fully saturated rings. The Morgan fingerprint density at radius 1 is 1.36 bits per heavy atom. The highest BCUT2D eigenvalue weighted by molar-refractivity contribution is 6.32. The first-order valence-electron chi connectivity index (χ1n) is 8.87. The zero-order valence-electron chi connectivity index (χ0n) is 14.4. The maximum absolute atomic E-state index is 10.1. The van der Waals surface area contributed by atoms with Gasteiger partial charge in [-0.05, 0) is 37.8 Å². The molecule has 0 spiro atoms. The maximum Gasteiger partial charge on any atom is 0.0847 e. The smallest absolute Gasteiger partial charge is 0.0847 e. The Balaban J connectivity index is 1.52. The van der Waals surface area contributed by atoms with Crippen LogP contribution >= 0.6 is 11.6 Å². The van der Waals surface area contributed by atoms with Crippen LogP contribution < -0.4 is 0 Å². The van der Waals surface area contributed by atoms with Gasteiger partial charge >= 0.3 is 0 Å². The Hall–Kier alpha value is -1.40. The Morgan fingerprint density at radius 3 is 3.00 bits per heavy atom. The zero-order chi connectivity index (χ0) is 17.4. The van der Waals surface area contributed by atoms with E-state index in [0.29, 0.717) is 5.02 Å². The van der Waals surface area contributed by atoms with Gasteiger partial charge in [-0.25, -0.2) is 4.68 Å². The van der Waals surface area contributed by atoms with Crippen molar-refractivity contribution in [1.82, 2.24) is 14.7 Å². The molecule has 0 bridgehead atoms. The molecule has 25 heavy (non-hydrogen) atoms. The minimum atomic E-state index is -0.222. The number of hydrogen-bond donors (Lipinski definition) is 1. The molecule has 0 unspecified atom stereocenters. The van der Waals surface area contributed by atoms with E-state index in [0.717, 1.165) is 50.0 Å². The minimum Gasteiger partial charge on any atom is -0.393 e. The Labute approximate surface area is 153 Å². The number of aliphatic hydroxyl groups is 1. The summed E-state index contributed by atoms with van der Waals surface area (Å²) in [7, 11) is 1.81. The van der Waals surface area contributed by atoms with Gasteiger partial charge in [0.25, 0.3) is 0 Å². The molecule has 1 saturated carbocycles. The Morgan fingerprint density at radius 2 is 2.20 bits per heavy atom. The van der Waals surface area contributed by atoms with Crippen LogP contribution in [0.1, 0.15) is 31.2 Å². The number of ether oxygens (including phenoxy) is 1. The van der Waals surface area contributed by atoms with E-state index in [4.69, 9.17) is 16.3 Å². The first-order valence-corrected chi connectivity index (χ1v) is 9.25. The quantitative estimate of drug-likeness (QED) is 0.909. The highest BCUT2D eigenvalue weighted by atomic mass is 35.5. The lowest BCUT2D eigenvalue weighted by Gasteiger charge is -2.42. The fraction of sp³-hybridized carbons (Fsp3) is 0.526. The number of para-hydroxylation sites is 1. The van der Waals surface area contributed by atoms with Crippen LogP contribution in [0.2, 0.25) is 5.02 Å². The topological polar surface area (TPSA) is 50.5 Å². The first kappa shape index (κ1) is 17.0. The average molecular weight is 362 g/mol. The van der Waals surface area contributed by atoms with Gasteiger partial charge in [0.1, 0.15) is 0 Å².